The zero-order chi connectivity index (χ0) is 8.53. The van der Waals surface area contributed by atoms with Crippen LogP contribution in [0.1, 0.15) is 39.5 Å². The first-order valence-electron chi connectivity index (χ1n) is 4.43. The summed E-state index contributed by atoms with van der Waals surface area (Å²) in [6.07, 6.45) is 4.38. The maximum atomic E-state index is 10.2. The molecule has 0 amide bonds. The van der Waals surface area contributed by atoms with Crippen LogP contribution >= 0.6 is 0 Å². The van der Waals surface area contributed by atoms with Gasteiger partial charge in [0.25, 0.3) is 0 Å². The molecule has 0 bridgehead atoms. The molecule has 0 atom stereocenters. The Morgan fingerprint density at radius 3 is 1.82 bits per heavy atom. The first-order valence-corrected chi connectivity index (χ1v) is 4.43. The Balaban J connectivity index is 3.33. The van der Waals surface area contributed by atoms with E-state index in [1.165, 1.54) is 0 Å². The molecule has 0 unspecified atom stereocenters. The van der Waals surface area contributed by atoms with Crippen LogP contribution in [-0.4, -0.2) is 18.1 Å². The summed E-state index contributed by atoms with van der Waals surface area (Å²) in [4.78, 5) is 10.2. The molecule has 0 heterocycles. The van der Waals surface area contributed by atoms with Crippen molar-refractivity contribution in [3.8, 4) is 0 Å². The predicted molar refractivity (Wildman–Crippen MR) is 47.2 cm³/mol. The van der Waals surface area contributed by atoms with Crippen LogP contribution in [0.25, 0.3) is 0 Å². The minimum atomic E-state index is 0.819. The third-order valence-corrected chi connectivity index (χ3v) is 1.66. The van der Waals surface area contributed by atoms with Gasteiger partial charge in [0.15, 0.2) is 0 Å². The number of nitroso groups, excluding NO2 is 1. The van der Waals surface area contributed by atoms with Crippen LogP contribution in [0.4, 0.5) is 0 Å². The molecule has 0 aromatic heterocycles. The van der Waals surface area contributed by atoms with Gasteiger partial charge in [-0.3, -0.25) is 5.01 Å². The fourth-order valence-electron chi connectivity index (χ4n) is 0.875. The Morgan fingerprint density at radius 1 is 1.09 bits per heavy atom. The average molecular weight is 161 g/mol. The van der Waals surface area contributed by atoms with E-state index in [1.807, 2.05) is 0 Å². The van der Waals surface area contributed by atoms with Crippen molar-refractivity contribution in [1.29, 1.82) is 0 Å². The van der Waals surface area contributed by atoms with Crippen molar-refractivity contribution < 1.29 is 0 Å². The van der Waals surface area contributed by atoms with Gasteiger partial charge in [-0.15, -0.1) is 4.91 Å². The summed E-state index contributed by atoms with van der Waals surface area (Å²) >= 11 is 0. The molecule has 0 saturated carbocycles. The minimum absolute atomic E-state index is 0.819. The standard InChI is InChI=1S/C8H18N2O/c1-3-5-7-10(9-11)8-6-4-2/h3-8H2,1-2H3/i7+1,8+1,9+1. The molecular formula is C8H18N2O. The second kappa shape index (κ2) is 7.51. The molecular weight excluding hydrogens is 143 g/mol. The largest absolute Gasteiger partial charge is 0.261 e. The molecule has 0 aliphatic carbocycles. The Morgan fingerprint density at radius 2 is 1.55 bits per heavy atom. The molecule has 3 heteroatoms. The molecule has 11 heavy (non-hydrogen) atoms. The zero-order valence-electron chi connectivity index (χ0n) is 7.55. The van der Waals surface area contributed by atoms with Gasteiger partial charge in [0.1, 0.15) is 0 Å². The fourth-order valence-corrected chi connectivity index (χ4v) is 0.875. The number of unbranched alkanes of at least 4 members (excludes halogenated alkanes) is 2. The van der Waals surface area contributed by atoms with Gasteiger partial charge in [0.2, 0.25) is 0 Å². The highest BCUT2D eigenvalue weighted by molar-refractivity contribution is 4.50. The molecule has 0 radical (unpaired) electrons. The van der Waals surface area contributed by atoms with Crippen LogP contribution in [0.2, 0.25) is 0 Å². The molecule has 0 aromatic rings. The molecule has 0 aliphatic heterocycles. The number of rotatable bonds is 7. The summed E-state index contributed by atoms with van der Waals surface area (Å²) in [5, 5.41) is 4.56. The van der Waals surface area contributed by atoms with E-state index in [1.54, 1.807) is 5.01 Å². The molecule has 0 fully saturated rings. The van der Waals surface area contributed by atoms with Crippen LogP contribution in [0.5, 0.6) is 0 Å². The van der Waals surface area contributed by atoms with Crippen molar-refractivity contribution in [1.82, 2.24) is 5.01 Å². The molecule has 0 aliphatic rings. The van der Waals surface area contributed by atoms with Crippen LogP contribution in [0.3, 0.4) is 0 Å². The summed E-state index contributed by atoms with van der Waals surface area (Å²) in [6.45, 7) is 5.87. The molecule has 0 rings (SSSR count). The Hall–Kier alpha value is -0.600. The van der Waals surface area contributed by atoms with E-state index in [0.29, 0.717) is 0 Å². The molecule has 66 valence electrons. The lowest BCUT2D eigenvalue weighted by Gasteiger charge is -2.13. The fraction of sp³-hybridized carbons (Fsp3) is 1.00. The second-order valence-corrected chi connectivity index (χ2v) is 2.74. The van der Waals surface area contributed by atoms with Gasteiger partial charge in [0, 0.05) is 13.1 Å². The quantitative estimate of drug-likeness (QED) is 0.249. The minimum Gasteiger partial charge on any atom is -0.261 e. The predicted octanol–water partition coefficient (Wildman–Crippen LogP) is 2.57. The summed E-state index contributed by atoms with van der Waals surface area (Å²) in [5.74, 6) is 0. The number of nitrogens with zero attached hydrogens (tertiary/aromatic N) is 2. The third kappa shape index (κ3) is 5.83. The van der Waals surface area contributed by atoms with E-state index >= 15 is 0 Å². The molecule has 0 aromatic carbocycles. The van der Waals surface area contributed by atoms with E-state index in [9.17, 15) is 4.91 Å². The van der Waals surface area contributed by atoms with Gasteiger partial charge >= 0.3 is 0 Å². The highest BCUT2D eigenvalue weighted by Gasteiger charge is 1.99. The normalized spacial score (nSPS) is 9.64. The second-order valence-electron chi connectivity index (χ2n) is 2.74. The average Bonchev–Trinajstić information content (AvgIpc) is 2.05. The first-order chi connectivity index (χ1) is 5.35. The van der Waals surface area contributed by atoms with Crippen LogP contribution in [0.15, 0.2) is 5.29 Å². The topological polar surface area (TPSA) is 32.7 Å². The number of hydrogen-bond acceptors (Lipinski definition) is 2. The van der Waals surface area contributed by atoms with E-state index in [0.717, 1.165) is 38.8 Å². The van der Waals surface area contributed by atoms with Crippen LogP contribution in [0, 0.1) is 4.91 Å². The van der Waals surface area contributed by atoms with Gasteiger partial charge in [0.05, 0.1) is 5.29 Å². The smallest absolute Gasteiger partial charge is 0.0523 e. The van der Waals surface area contributed by atoms with Crippen LogP contribution < -0.4 is 0 Å². The lowest BCUT2D eigenvalue weighted by atomic mass is 10.4. The summed E-state index contributed by atoms with van der Waals surface area (Å²) in [7, 11) is 0. The third-order valence-electron chi connectivity index (χ3n) is 1.66. The van der Waals surface area contributed by atoms with E-state index < -0.39 is 0 Å². The Bertz CT molecular complexity index is 88.1. The summed E-state index contributed by atoms with van der Waals surface area (Å²) < 4.78 is 0. The van der Waals surface area contributed by atoms with Gasteiger partial charge < -0.3 is 0 Å². The SMILES string of the molecule is CCC[13CH2]N([13CH2]CCC)[15N]=O. The Kier molecular flexibility index (Phi) is 7.10. The van der Waals surface area contributed by atoms with Crippen LogP contribution in [-0.2, 0) is 0 Å². The van der Waals surface area contributed by atoms with Gasteiger partial charge in [-0.1, -0.05) is 26.7 Å². The molecule has 0 N–H and O–H groups in total. The lowest BCUT2D eigenvalue weighted by Crippen LogP contribution is -2.18. The zero-order valence-corrected chi connectivity index (χ0v) is 7.55. The Labute approximate surface area is 68.7 Å². The van der Waals surface area contributed by atoms with Gasteiger partial charge in [-0.05, 0) is 12.8 Å². The van der Waals surface area contributed by atoms with E-state index in [-0.39, 0.29) is 0 Å². The highest BCUT2D eigenvalue weighted by Crippen LogP contribution is 1.98. The maximum absolute atomic E-state index is 10.2. The summed E-state index contributed by atoms with van der Waals surface area (Å²) in [5.41, 5.74) is 0. The van der Waals surface area contributed by atoms with Crippen molar-refractivity contribution in [2.75, 3.05) is 13.1 Å². The monoisotopic (exact) mass is 161 g/mol. The molecule has 0 spiro atoms. The first kappa shape index (κ1) is 10.4. The van der Waals surface area contributed by atoms with E-state index in [4.69, 9.17) is 0 Å². The van der Waals surface area contributed by atoms with E-state index in [2.05, 4.69) is 19.1 Å². The van der Waals surface area contributed by atoms with Crippen molar-refractivity contribution in [3.63, 3.8) is 0 Å². The maximum Gasteiger partial charge on any atom is 0.0523 e. The van der Waals surface area contributed by atoms with Crippen molar-refractivity contribution in [2.45, 2.75) is 39.5 Å². The van der Waals surface area contributed by atoms with Crippen molar-refractivity contribution >= 4 is 0 Å². The lowest BCUT2D eigenvalue weighted by molar-refractivity contribution is 0.274. The van der Waals surface area contributed by atoms with Gasteiger partial charge in [-0.2, -0.15) is 0 Å². The van der Waals surface area contributed by atoms with Crippen molar-refractivity contribution in [2.24, 2.45) is 5.29 Å². The summed E-state index contributed by atoms with van der Waals surface area (Å²) in [6, 6.07) is 0. The number of hydrogen-bond donors (Lipinski definition) is 0. The molecule has 3 nitrogen and oxygen atoms in total. The highest BCUT2D eigenvalue weighted by atomic mass is 16.5. The van der Waals surface area contributed by atoms with Gasteiger partial charge in [-0.25, -0.2) is 0 Å². The van der Waals surface area contributed by atoms with Crippen molar-refractivity contribution in [3.05, 3.63) is 4.91 Å². The molecule has 0 saturated heterocycles.